The molecule has 0 aliphatic heterocycles. The van der Waals surface area contributed by atoms with Crippen LogP contribution in [0.15, 0.2) is 47.4 Å². The molecule has 0 fully saturated rings. The first-order valence-electron chi connectivity index (χ1n) is 10.5. The summed E-state index contributed by atoms with van der Waals surface area (Å²) in [5.41, 5.74) is 2.47. The van der Waals surface area contributed by atoms with E-state index in [9.17, 15) is 4.79 Å². The van der Waals surface area contributed by atoms with E-state index in [1.165, 1.54) is 22.4 Å². The smallest absolute Gasteiger partial charge is 0.264 e. The second-order valence-electron chi connectivity index (χ2n) is 8.10. The Morgan fingerprint density at radius 3 is 2.73 bits per heavy atom. The molecule has 7 heteroatoms. The number of rotatable bonds is 5. The summed E-state index contributed by atoms with van der Waals surface area (Å²) in [5, 5.41) is 8.75. The van der Waals surface area contributed by atoms with Gasteiger partial charge in [-0.2, -0.15) is 5.10 Å². The van der Waals surface area contributed by atoms with Crippen LogP contribution in [0.3, 0.4) is 0 Å². The Balaban J connectivity index is 1.51. The number of hydrogen-bond donors (Lipinski definition) is 1. The Morgan fingerprint density at radius 2 is 1.93 bits per heavy atom. The Kier molecular flexibility index (Phi) is 4.90. The summed E-state index contributed by atoms with van der Waals surface area (Å²) >= 11 is 1.68. The molecule has 6 nitrogen and oxygen atoms in total. The van der Waals surface area contributed by atoms with Gasteiger partial charge >= 0.3 is 0 Å². The van der Waals surface area contributed by atoms with E-state index in [-0.39, 0.29) is 11.6 Å². The number of thiophene rings is 1. The highest BCUT2D eigenvalue weighted by atomic mass is 32.1. The van der Waals surface area contributed by atoms with Crippen LogP contribution < -0.4 is 10.9 Å². The van der Waals surface area contributed by atoms with Gasteiger partial charge in [-0.3, -0.25) is 14.0 Å². The van der Waals surface area contributed by atoms with Gasteiger partial charge in [0.05, 0.1) is 11.9 Å². The fourth-order valence-electron chi connectivity index (χ4n) is 4.19. The minimum Gasteiger partial charge on any atom is -0.309 e. The lowest BCUT2D eigenvalue weighted by Crippen LogP contribution is -2.26. The molecule has 1 aromatic carbocycles. The van der Waals surface area contributed by atoms with Crippen LogP contribution in [0.25, 0.3) is 10.2 Å². The lowest BCUT2D eigenvalue weighted by Gasteiger charge is -2.16. The maximum atomic E-state index is 13.4. The van der Waals surface area contributed by atoms with Gasteiger partial charge in [0.15, 0.2) is 5.82 Å². The molecule has 154 valence electrons. The van der Waals surface area contributed by atoms with Crippen LogP contribution in [0, 0.1) is 0 Å². The van der Waals surface area contributed by atoms with Crippen LogP contribution in [0.2, 0.25) is 0 Å². The first kappa shape index (κ1) is 19.1. The Labute approximate surface area is 179 Å². The third-order valence-electron chi connectivity index (χ3n) is 5.61. The molecule has 3 aromatic heterocycles. The molecule has 0 saturated heterocycles. The van der Waals surface area contributed by atoms with E-state index in [1.54, 1.807) is 15.9 Å². The van der Waals surface area contributed by atoms with Crippen molar-refractivity contribution in [3.05, 3.63) is 69.0 Å². The monoisotopic (exact) mass is 419 g/mol. The molecule has 1 aliphatic carbocycles. The van der Waals surface area contributed by atoms with E-state index in [0.29, 0.717) is 18.3 Å². The SMILES string of the molecule is CC(C)n1c(Nc2ccn(Cc3ccccc3)n2)nc2sc3c(c2c1=O)CCCC3. The first-order valence-corrected chi connectivity index (χ1v) is 11.3. The van der Waals surface area contributed by atoms with E-state index >= 15 is 0 Å². The zero-order valence-corrected chi connectivity index (χ0v) is 18.1. The molecule has 0 saturated carbocycles. The van der Waals surface area contributed by atoms with E-state index in [4.69, 9.17) is 4.98 Å². The summed E-state index contributed by atoms with van der Waals surface area (Å²) in [6, 6.07) is 12.2. The topological polar surface area (TPSA) is 64.7 Å². The number of nitrogens with zero attached hydrogens (tertiary/aromatic N) is 4. The molecule has 5 rings (SSSR count). The zero-order chi connectivity index (χ0) is 20.7. The van der Waals surface area contributed by atoms with Gasteiger partial charge in [-0.1, -0.05) is 30.3 Å². The van der Waals surface area contributed by atoms with Crippen molar-refractivity contribution < 1.29 is 0 Å². The van der Waals surface area contributed by atoms with E-state index in [0.717, 1.165) is 29.5 Å². The van der Waals surface area contributed by atoms with Gasteiger partial charge in [0, 0.05) is 23.2 Å². The molecule has 30 heavy (non-hydrogen) atoms. The molecule has 1 aliphatic rings. The maximum absolute atomic E-state index is 13.4. The number of fused-ring (bicyclic) bond motifs is 3. The summed E-state index contributed by atoms with van der Waals surface area (Å²) in [6.45, 7) is 4.74. The van der Waals surface area contributed by atoms with Crippen LogP contribution in [0.4, 0.5) is 11.8 Å². The van der Waals surface area contributed by atoms with Crippen molar-refractivity contribution in [2.24, 2.45) is 0 Å². The van der Waals surface area contributed by atoms with Crippen molar-refractivity contribution >= 4 is 33.3 Å². The van der Waals surface area contributed by atoms with Crippen molar-refractivity contribution in [3.8, 4) is 0 Å². The van der Waals surface area contributed by atoms with E-state index in [2.05, 4.69) is 22.5 Å². The first-order chi connectivity index (χ1) is 14.6. The molecule has 0 atom stereocenters. The van der Waals surface area contributed by atoms with Crippen molar-refractivity contribution in [1.29, 1.82) is 0 Å². The minimum absolute atomic E-state index is 0.00226. The van der Waals surface area contributed by atoms with Crippen molar-refractivity contribution in [2.75, 3.05) is 5.32 Å². The second kappa shape index (κ2) is 7.72. The zero-order valence-electron chi connectivity index (χ0n) is 17.3. The number of anilines is 2. The van der Waals surface area contributed by atoms with Gasteiger partial charge in [0.2, 0.25) is 5.95 Å². The Bertz CT molecular complexity index is 1250. The van der Waals surface area contributed by atoms with Crippen LogP contribution >= 0.6 is 11.3 Å². The highest BCUT2D eigenvalue weighted by Crippen LogP contribution is 2.34. The molecule has 0 bridgehead atoms. The number of nitrogens with one attached hydrogen (secondary N) is 1. The minimum atomic E-state index is 0.00226. The normalized spacial score (nSPS) is 13.7. The predicted octanol–water partition coefficient (Wildman–Crippen LogP) is 4.91. The molecular weight excluding hydrogens is 394 g/mol. The second-order valence-corrected chi connectivity index (χ2v) is 9.19. The summed E-state index contributed by atoms with van der Waals surface area (Å²) in [5.74, 6) is 1.25. The van der Waals surface area contributed by atoms with Gasteiger partial charge < -0.3 is 5.32 Å². The molecule has 0 unspecified atom stereocenters. The average Bonchev–Trinajstić information content (AvgIpc) is 3.32. The number of benzene rings is 1. The van der Waals surface area contributed by atoms with Crippen molar-refractivity contribution in [2.45, 2.75) is 52.1 Å². The summed E-state index contributed by atoms with van der Waals surface area (Å²) in [6.07, 6.45) is 6.33. The van der Waals surface area contributed by atoms with Crippen LogP contribution in [-0.4, -0.2) is 19.3 Å². The third-order valence-corrected chi connectivity index (χ3v) is 6.79. The number of aryl methyl sites for hydroxylation is 2. The molecule has 4 aromatic rings. The van der Waals surface area contributed by atoms with Gasteiger partial charge in [-0.15, -0.1) is 11.3 Å². The summed E-state index contributed by atoms with van der Waals surface area (Å²) in [4.78, 5) is 20.5. The Hall–Kier alpha value is -2.93. The quantitative estimate of drug-likeness (QED) is 0.499. The molecule has 0 amide bonds. The van der Waals surface area contributed by atoms with Crippen LogP contribution in [0.5, 0.6) is 0 Å². The van der Waals surface area contributed by atoms with Gasteiger partial charge in [-0.05, 0) is 50.7 Å². The van der Waals surface area contributed by atoms with Crippen molar-refractivity contribution in [3.63, 3.8) is 0 Å². The highest BCUT2D eigenvalue weighted by molar-refractivity contribution is 7.18. The third kappa shape index (κ3) is 3.43. The van der Waals surface area contributed by atoms with Gasteiger partial charge in [0.25, 0.3) is 5.56 Å². The lowest BCUT2D eigenvalue weighted by molar-refractivity contribution is 0.581. The van der Waals surface area contributed by atoms with E-state index < -0.39 is 0 Å². The predicted molar refractivity (Wildman–Crippen MR) is 122 cm³/mol. The lowest BCUT2D eigenvalue weighted by atomic mass is 9.97. The molecule has 3 heterocycles. The molecule has 1 N–H and O–H groups in total. The Morgan fingerprint density at radius 1 is 1.13 bits per heavy atom. The van der Waals surface area contributed by atoms with E-state index in [1.807, 2.05) is 49.0 Å². The molecular formula is C23H25N5OS. The van der Waals surface area contributed by atoms with Crippen molar-refractivity contribution in [1.82, 2.24) is 19.3 Å². The largest absolute Gasteiger partial charge is 0.309 e. The fourth-order valence-corrected chi connectivity index (χ4v) is 5.44. The van der Waals surface area contributed by atoms with Gasteiger partial charge in [-0.25, -0.2) is 4.98 Å². The van der Waals surface area contributed by atoms with Crippen LogP contribution in [-0.2, 0) is 19.4 Å². The summed E-state index contributed by atoms with van der Waals surface area (Å²) < 4.78 is 3.65. The summed E-state index contributed by atoms with van der Waals surface area (Å²) in [7, 11) is 0. The number of hydrogen-bond acceptors (Lipinski definition) is 5. The fraction of sp³-hybridized carbons (Fsp3) is 0.348. The van der Waals surface area contributed by atoms with Crippen LogP contribution in [0.1, 0.15) is 48.7 Å². The molecule has 0 spiro atoms. The number of aromatic nitrogens is 4. The van der Waals surface area contributed by atoms with Gasteiger partial charge in [0.1, 0.15) is 4.83 Å². The standard InChI is InChI=1S/C23H25N5OS/c1-15(2)28-22(29)20-17-10-6-7-11-18(17)30-21(20)25-23(28)24-19-12-13-27(26-19)14-16-8-4-3-5-9-16/h3-5,8-9,12-13,15H,6-7,10-11,14H2,1-2H3,(H,24,25,26). The molecule has 0 radical (unpaired) electrons. The highest BCUT2D eigenvalue weighted by Gasteiger charge is 2.23. The maximum Gasteiger partial charge on any atom is 0.264 e. The average molecular weight is 420 g/mol.